The van der Waals surface area contributed by atoms with Gasteiger partial charge in [0.05, 0.1) is 12.4 Å². The molecule has 3 atom stereocenters. The highest BCUT2D eigenvalue weighted by Gasteiger charge is 2.27. The standard InChI is InChI=1S/C18H23N5O4S/c19-13(7-12-8-20-10-21-12)16(24)23-15(9-28)17(25)22-14(18(26)27)6-11-4-2-1-3-5-11/h1-5,8,10,13-15,28H,6-7,9,19H2,(H,20,21)(H,22,25)(H,23,24)(H,26,27). The summed E-state index contributed by atoms with van der Waals surface area (Å²) < 4.78 is 0. The Morgan fingerprint density at radius 1 is 1.11 bits per heavy atom. The van der Waals surface area contributed by atoms with Crippen LogP contribution in [0.15, 0.2) is 42.9 Å². The second kappa shape index (κ2) is 10.5. The van der Waals surface area contributed by atoms with E-state index in [0.29, 0.717) is 5.69 Å². The first-order chi connectivity index (χ1) is 13.4. The third-order valence-corrected chi connectivity index (χ3v) is 4.41. The number of aromatic nitrogens is 2. The van der Waals surface area contributed by atoms with Crippen molar-refractivity contribution in [2.24, 2.45) is 5.73 Å². The molecule has 0 aliphatic carbocycles. The number of nitrogens with zero attached hydrogens (tertiary/aromatic N) is 1. The number of aromatic amines is 1. The van der Waals surface area contributed by atoms with Crippen LogP contribution in [0.1, 0.15) is 11.3 Å². The molecule has 1 aromatic heterocycles. The molecule has 0 saturated carbocycles. The molecule has 150 valence electrons. The molecular weight excluding hydrogens is 382 g/mol. The van der Waals surface area contributed by atoms with E-state index in [1.807, 2.05) is 6.07 Å². The van der Waals surface area contributed by atoms with E-state index in [1.54, 1.807) is 30.5 Å². The van der Waals surface area contributed by atoms with Crippen molar-refractivity contribution in [2.45, 2.75) is 31.0 Å². The highest BCUT2D eigenvalue weighted by molar-refractivity contribution is 7.80. The first-order valence-corrected chi connectivity index (χ1v) is 9.25. The number of nitrogens with one attached hydrogen (secondary N) is 3. The van der Waals surface area contributed by atoms with Crippen LogP contribution in [-0.4, -0.2) is 56.7 Å². The van der Waals surface area contributed by atoms with Crippen molar-refractivity contribution in [3.63, 3.8) is 0 Å². The van der Waals surface area contributed by atoms with Crippen molar-refractivity contribution in [1.82, 2.24) is 20.6 Å². The van der Waals surface area contributed by atoms with E-state index in [4.69, 9.17) is 5.73 Å². The van der Waals surface area contributed by atoms with Crippen LogP contribution in [0.25, 0.3) is 0 Å². The molecule has 0 bridgehead atoms. The normalized spacial score (nSPS) is 13.9. The number of benzene rings is 1. The summed E-state index contributed by atoms with van der Waals surface area (Å²) in [6, 6.07) is 5.89. The van der Waals surface area contributed by atoms with E-state index < -0.39 is 35.9 Å². The Balaban J connectivity index is 1.94. The Hall–Kier alpha value is -2.85. The summed E-state index contributed by atoms with van der Waals surface area (Å²) in [5.74, 6) is -2.36. The molecule has 1 aromatic carbocycles. The van der Waals surface area contributed by atoms with Crippen LogP contribution in [-0.2, 0) is 27.2 Å². The van der Waals surface area contributed by atoms with Crippen molar-refractivity contribution in [2.75, 3.05) is 5.75 Å². The molecule has 0 aliphatic rings. The number of carbonyl (C=O) groups excluding carboxylic acids is 2. The minimum absolute atomic E-state index is 0.00791. The van der Waals surface area contributed by atoms with Crippen molar-refractivity contribution in [3.8, 4) is 0 Å². The number of carboxylic acid groups (broad SMARTS) is 1. The molecule has 28 heavy (non-hydrogen) atoms. The fourth-order valence-corrected chi connectivity index (χ4v) is 2.78. The predicted octanol–water partition coefficient (Wildman–Crippen LogP) is -0.494. The van der Waals surface area contributed by atoms with Gasteiger partial charge in [-0.05, 0) is 5.56 Å². The van der Waals surface area contributed by atoms with Crippen molar-refractivity contribution >= 4 is 30.4 Å². The Bertz CT molecular complexity index is 785. The number of thiol groups is 1. The predicted molar refractivity (Wildman–Crippen MR) is 106 cm³/mol. The van der Waals surface area contributed by atoms with Crippen LogP contribution in [0.4, 0.5) is 0 Å². The molecule has 0 radical (unpaired) electrons. The molecule has 2 amide bonds. The summed E-state index contributed by atoms with van der Waals surface area (Å²) in [6.45, 7) is 0. The topological polar surface area (TPSA) is 150 Å². The number of H-pyrrole nitrogens is 1. The van der Waals surface area contributed by atoms with Gasteiger partial charge in [-0.1, -0.05) is 30.3 Å². The minimum atomic E-state index is -1.17. The summed E-state index contributed by atoms with van der Waals surface area (Å²) >= 11 is 4.08. The molecule has 0 saturated heterocycles. The van der Waals surface area contributed by atoms with Crippen LogP contribution in [0.3, 0.4) is 0 Å². The molecule has 0 fully saturated rings. The average Bonchev–Trinajstić information content (AvgIpc) is 3.18. The maximum Gasteiger partial charge on any atom is 0.326 e. The van der Waals surface area contributed by atoms with E-state index >= 15 is 0 Å². The van der Waals surface area contributed by atoms with E-state index in [0.717, 1.165) is 5.56 Å². The number of carboxylic acids is 1. The number of amides is 2. The zero-order valence-corrected chi connectivity index (χ0v) is 15.9. The van der Waals surface area contributed by atoms with Gasteiger partial charge < -0.3 is 26.5 Å². The van der Waals surface area contributed by atoms with Crippen LogP contribution >= 0.6 is 12.6 Å². The largest absolute Gasteiger partial charge is 0.480 e. The zero-order chi connectivity index (χ0) is 20.5. The van der Waals surface area contributed by atoms with E-state index in [-0.39, 0.29) is 18.6 Å². The van der Waals surface area contributed by atoms with E-state index in [9.17, 15) is 19.5 Å². The molecule has 0 spiro atoms. The second-order valence-electron chi connectivity index (χ2n) is 6.22. The van der Waals surface area contributed by atoms with E-state index in [2.05, 4.69) is 33.2 Å². The third-order valence-electron chi connectivity index (χ3n) is 4.04. The molecule has 1 heterocycles. The second-order valence-corrected chi connectivity index (χ2v) is 6.59. The van der Waals surface area contributed by atoms with Gasteiger partial charge in [0.2, 0.25) is 11.8 Å². The first kappa shape index (κ1) is 21.5. The van der Waals surface area contributed by atoms with Gasteiger partial charge in [0, 0.05) is 30.5 Å². The molecule has 2 aromatic rings. The number of hydrogen-bond donors (Lipinski definition) is 6. The van der Waals surface area contributed by atoms with Gasteiger partial charge in [-0.3, -0.25) is 9.59 Å². The highest BCUT2D eigenvalue weighted by atomic mass is 32.1. The number of imidazole rings is 1. The zero-order valence-electron chi connectivity index (χ0n) is 15.0. The molecule has 3 unspecified atom stereocenters. The number of aliphatic carboxylic acids is 1. The number of rotatable bonds is 10. The van der Waals surface area contributed by atoms with Gasteiger partial charge in [0.25, 0.3) is 0 Å². The van der Waals surface area contributed by atoms with Crippen molar-refractivity contribution < 1.29 is 19.5 Å². The minimum Gasteiger partial charge on any atom is -0.480 e. The fraction of sp³-hybridized carbons (Fsp3) is 0.333. The van der Waals surface area contributed by atoms with Gasteiger partial charge in [-0.25, -0.2) is 9.78 Å². The SMILES string of the molecule is NC(Cc1cnc[nH]1)C(=O)NC(CS)C(=O)NC(Cc1ccccc1)C(=O)O. The third kappa shape index (κ3) is 6.39. The first-order valence-electron chi connectivity index (χ1n) is 8.62. The van der Waals surface area contributed by atoms with Crippen LogP contribution in [0, 0.1) is 0 Å². The smallest absolute Gasteiger partial charge is 0.326 e. The average molecular weight is 405 g/mol. The lowest BCUT2D eigenvalue weighted by Gasteiger charge is -2.21. The Labute approximate surface area is 167 Å². The summed E-state index contributed by atoms with van der Waals surface area (Å²) in [4.78, 5) is 42.9. The lowest BCUT2D eigenvalue weighted by molar-refractivity contribution is -0.142. The molecule has 10 heteroatoms. The summed E-state index contributed by atoms with van der Waals surface area (Å²) in [6.07, 6.45) is 3.37. The summed E-state index contributed by atoms with van der Waals surface area (Å²) in [5.41, 5.74) is 7.30. The van der Waals surface area contributed by atoms with Crippen molar-refractivity contribution in [3.05, 3.63) is 54.1 Å². The van der Waals surface area contributed by atoms with Gasteiger partial charge in [0.15, 0.2) is 0 Å². The lowest BCUT2D eigenvalue weighted by atomic mass is 10.1. The number of nitrogens with two attached hydrogens (primary N) is 1. The lowest BCUT2D eigenvalue weighted by Crippen LogP contribution is -2.55. The Morgan fingerprint density at radius 2 is 1.79 bits per heavy atom. The van der Waals surface area contributed by atoms with E-state index in [1.165, 1.54) is 6.33 Å². The van der Waals surface area contributed by atoms with Gasteiger partial charge in [0.1, 0.15) is 12.1 Å². The fourth-order valence-electron chi connectivity index (χ4n) is 2.52. The van der Waals surface area contributed by atoms with Crippen molar-refractivity contribution in [1.29, 1.82) is 0 Å². The van der Waals surface area contributed by atoms with Crippen LogP contribution in [0.5, 0.6) is 0 Å². The highest BCUT2D eigenvalue weighted by Crippen LogP contribution is 2.04. The summed E-state index contributed by atoms with van der Waals surface area (Å²) in [7, 11) is 0. The quantitative estimate of drug-likeness (QED) is 0.294. The molecule has 0 aliphatic heterocycles. The number of hydrogen-bond acceptors (Lipinski definition) is 6. The summed E-state index contributed by atoms with van der Waals surface area (Å²) in [5, 5.41) is 14.4. The van der Waals surface area contributed by atoms with Crippen LogP contribution in [0.2, 0.25) is 0 Å². The van der Waals surface area contributed by atoms with Gasteiger partial charge in [-0.2, -0.15) is 12.6 Å². The van der Waals surface area contributed by atoms with Crippen LogP contribution < -0.4 is 16.4 Å². The number of carbonyl (C=O) groups is 3. The molecule has 6 N–H and O–H groups in total. The van der Waals surface area contributed by atoms with Gasteiger partial charge >= 0.3 is 5.97 Å². The monoisotopic (exact) mass is 405 g/mol. The molecule has 2 rings (SSSR count). The molecule has 9 nitrogen and oxygen atoms in total. The van der Waals surface area contributed by atoms with Gasteiger partial charge in [-0.15, -0.1) is 0 Å². The maximum absolute atomic E-state index is 12.5. The Morgan fingerprint density at radius 3 is 2.36 bits per heavy atom. The maximum atomic E-state index is 12.5. The molecular formula is C18H23N5O4S. The Kier molecular flexibility index (Phi) is 8.02.